The molecule has 2 heterocycles. The average Bonchev–Trinajstić information content (AvgIpc) is 3.14. The first-order valence-corrected chi connectivity index (χ1v) is 9.58. The number of anilines is 1. The van der Waals surface area contributed by atoms with Crippen LogP contribution < -0.4 is 14.8 Å². The van der Waals surface area contributed by atoms with Gasteiger partial charge >= 0.3 is 0 Å². The summed E-state index contributed by atoms with van der Waals surface area (Å²) in [7, 11) is 0. The summed E-state index contributed by atoms with van der Waals surface area (Å²) in [6.45, 7) is 1.90. The van der Waals surface area contributed by atoms with E-state index >= 15 is 0 Å². The largest absolute Gasteiger partial charge is 0.489 e. The molecule has 9 heteroatoms. The van der Waals surface area contributed by atoms with Gasteiger partial charge < -0.3 is 14.8 Å². The average molecular weight is 400 g/mol. The van der Waals surface area contributed by atoms with E-state index in [4.69, 9.17) is 9.47 Å². The summed E-state index contributed by atoms with van der Waals surface area (Å²) >= 11 is 1.31. The van der Waals surface area contributed by atoms with Crippen molar-refractivity contribution in [2.45, 2.75) is 25.9 Å². The molecule has 0 aliphatic heterocycles. The molecular weight excluding hydrogens is 383 g/mol. The van der Waals surface area contributed by atoms with E-state index in [0.29, 0.717) is 35.2 Å². The summed E-state index contributed by atoms with van der Waals surface area (Å²) in [5.74, 6) is 0.463. The van der Waals surface area contributed by atoms with Crippen molar-refractivity contribution in [3.63, 3.8) is 0 Å². The fraction of sp³-hybridized carbons (Fsp3) is 0.263. The van der Waals surface area contributed by atoms with Gasteiger partial charge in [-0.15, -0.1) is 5.10 Å². The topological polar surface area (TPSA) is 86.2 Å². The molecule has 1 N–H and O–H groups in total. The number of hydrogen-bond acceptors (Lipinski definition) is 7. The minimum absolute atomic E-state index is 0.0470. The number of aromatic nitrogens is 3. The van der Waals surface area contributed by atoms with E-state index in [9.17, 15) is 9.18 Å². The van der Waals surface area contributed by atoms with Crippen molar-refractivity contribution in [2.75, 3.05) is 5.32 Å². The van der Waals surface area contributed by atoms with Crippen LogP contribution in [0.25, 0.3) is 0 Å². The molecule has 144 valence electrons. The number of benzene rings is 1. The molecule has 2 aromatic heterocycles. The maximum absolute atomic E-state index is 12.8. The Hall–Kier alpha value is -3.07. The Balaban J connectivity index is 1.28. The molecule has 7 nitrogen and oxygen atoms in total. The summed E-state index contributed by atoms with van der Waals surface area (Å²) in [6.07, 6.45) is 2.50. The van der Waals surface area contributed by atoms with Crippen LogP contribution in [0.5, 0.6) is 16.7 Å². The third kappa shape index (κ3) is 4.25. The lowest BCUT2D eigenvalue weighted by Crippen LogP contribution is -2.40. The van der Waals surface area contributed by atoms with Crippen molar-refractivity contribution in [3.8, 4) is 16.7 Å². The van der Waals surface area contributed by atoms with Gasteiger partial charge in [0.25, 0.3) is 5.19 Å². The molecule has 1 aliphatic rings. The van der Waals surface area contributed by atoms with E-state index in [1.807, 2.05) is 13.0 Å². The van der Waals surface area contributed by atoms with Gasteiger partial charge in [0.1, 0.15) is 23.1 Å². The van der Waals surface area contributed by atoms with E-state index in [1.54, 1.807) is 17.6 Å². The maximum atomic E-state index is 12.8. The van der Waals surface area contributed by atoms with E-state index in [-0.39, 0.29) is 17.9 Å². The van der Waals surface area contributed by atoms with Crippen LogP contribution in [0.3, 0.4) is 0 Å². The molecule has 1 aromatic carbocycles. The Morgan fingerprint density at radius 3 is 2.82 bits per heavy atom. The summed E-state index contributed by atoms with van der Waals surface area (Å²) < 4.78 is 24.1. The fourth-order valence-electron chi connectivity index (χ4n) is 2.89. The quantitative estimate of drug-likeness (QED) is 0.630. The highest BCUT2D eigenvalue weighted by atomic mass is 32.1. The van der Waals surface area contributed by atoms with Crippen molar-refractivity contribution < 1.29 is 18.7 Å². The van der Waals surface area contributed by atoms with Gasteiger partial charge in [-0.3, -0.25) is 4.79 Å². The molecule has 4 rings (SSSR count). The molecule has 0 bridgehead atoms. The lowest BCUT2D eigenvalue weighted by Gasteiger charge is -2.34. The smallest absolute Gasteiger partial charge is 0.299 e. The predicted octanol–water partition coefficient (Wildman–Crippen LogP) is 3.97. The Bertz CT molecular complexity index is 960. The van der Waals surface area contributed by atoms with Crippen molar-refractivity contribution in [1.82, 2.24) is 15.2 Å². The lowest BCUT2D eigenvalue weighted by atomic mass is 9.81. The van der Waals surface area contributed by atoms with Crippen LogP contribution in [0, 0.1) is 18.8 Å². The van der Waals surface area contributed by atoms with Gasteiger partial charge in [-0.05, 0) is 55.7 Å². The highest BCUT2D eigenvalue weighted by molar-refractivity contribution is 7.11. The van der Waals surface area contributed by atoms with Crippen LogP contribution >= 0.6 is 11.3 Å². The van der Waals surface area contributed by atoms with E-state index in [0.717, 1.165) is 5.56 Å². The highest BCUT2D eigenvalue weighted by Gasteiger charge is 2.36. The number of ether oxygens (including phenoxy) is 2. The summed E-state index contributed by atoms with van der Waals surface area (Å²) in [6, 6.07) is 8.21. The second-order valence-electron chi connectivity index (χ2n) is 6.50. The molecule has 0 atom stereocenters. The SMILES string of the molecule is Cc1cc(NC(=O)C2CC(Oc3ccc(F)nc3)C2)ccc1Oc1nncs1. The minimum atomic E-state index is -0.548. The summed E-state index contributed by atoms with van der Waals surface area (Å²) in [5.41, 5.74) is 3.19. The first-order valence-electron chi connectivity index (χ1n) is 8.70. The third-order valence-electron chi connectivity index (χ3n) is 4.45. The van der Waals surface area contributed by atoms with Gasteiger partial charge in [0, 0.05) is 11.6 Å². The van der Waals surface area contributed by atoms with Gasteiger partial charge in [-0.1, -0.05) is 16.4 Å². The number of hydrogen-bond donors (Lipinski definition) is 1. The van der Waals surface area contributed by atoms with E-state index in [2.05, 4.69) is 20.5 Å². The van der Waals surface area contributed by atoms with E-state index in [1.165, 1.54) is 29.7 Å². The Morgan fingerprint density at radius 2 is 2.14 bits per heavy atom. The molecule has 0 saturated heterocycles. The lowest BCUT2D eigenvalue weighted by molar-refractivity contribution is -0.125. The predicted molar refractivity (Wildman–Crippen MR) is 101 cm³/mol. The van der Waals surface area contributed by atoms with Crippen molar-refractivity contribution in [3.05, 3.63) is 53.6 Å². The molecule has 28 heavy (non-hydrogen) atoms. The fourth-order valence-corrected chi connectivity index (χ4v) is 3.30. The number of halogens is 1. The molecule has 1 fully saturated rings. The molecule has 1 aliphatic carbocycles. The number of carbonyl (C=O) groups excluding carboxylic acids is 1. The first-order chi connectivity index (χ1) is 13.6. The molecule has 0 unspecified atom stereocenters. The Labute approximate surface area is 164 Å². The van der Waals surface area contributed by atoms with Gasteiger partial charge in [0.2, 0.25) is 11.9 Å². The molecule has 3 aromatic rings. The zero-order chi connectivity index (χ0) is 19.5. The standard InChI is InChI=1S/C19H17FN4O3S/c1-11-6-13(2-4-16(11)27-19-24-22-10-28-19)23-18(25)12-7-15(8-12)26-14-3-5-17(20)21-9-14/h2-6,9-10,12,15H,7-8H2,1H3,(H,23,25). The van der Waals surface area contributed by atoms with Crippen LogP contribution in [-0.4, -0.2) is 27.2 Å². The second-order valence-corrected chi connectivity index (χ2v) is 7.30. The number of amides is 1. The Kier molecular flexibility index (Phi) is 5.16. The summed E-state index contributed by atoms with van der Waals surface area (Å²) in [5, 5.41) is 11.0. The molecule has 0 radical (unpaired) electrons. The minimum Gasteiger partial charge on any atom is -0.489 e. The molecular formula is C19H17FN4O3S. The van der Waals surface area contributed by atoms with Crippen LogP contribution in [0.2, 0.25) is 0 Å². The molecule has 1 amide bonds. The third-order valence-corrected chi connectivity index (χ3v) is 5.01. The normalized spacial score (nSPS) is 18.2. The molecule has 0 spiro atoms. The number of nitrogens with zero attached hydrogens (tertiary/aromatic N) is 3. The number of nitrogens with one attached hydrogen (secondary N) is 1. The van der Waals surface area contributed by atoms with E-state index < -0.39 is 5.95 Å². The zero-order valence-corrected chi connectivity index (χ0v) is 15.8. The maximum Gasteiger partial charge on any atom is 0.299 e. The van der Waals surface area contributed by atoms with Crippen LogP contribution in [0.15, 0.2) is 42.0 Å². The number of rotatable bonds is 6. The second kappa shape index (κ2) is 7.89. The highest BCUT2D eigenvalue weighted by Crippen LogP contribution is 2.33. The van der Waals surface area contributed by atoms with Crippen LogP contribution in [0.1, 0.15) is 18.4 Å². The number of pyridine rings is 1. The zero-order valence-electron chi connectivity index (χ0n) is 15.0. The van der Waals surface area contributed by atoms with Crippen molar-refractivity contribution >= 4 is 22.9 Å². The van der Waals surface area contributed by atoms with Crippen LogP contribution in [0.4, 0.5) is 10.1 Å². The van der Waals surface area contributed by atoms with Crippen molar-refractivity contribution in [1.29, 1.82) is 0 Å². The van der Waals surface area contributed by atoms with Crippen molar-refractivity contribution in [2.24, 2.45) is 5.92 Å². The number of carbonyl (C=O) groups is 1. The number of aryl methyl sites for hydroxylation is 1. The molecule has 1 saturated carbocycles. The van der Waals surface area contributed by atoms with Gasteiger partial charge in [-0.2, -0.15) is 4.39 Å². The van der Waals surface area contributed by atoms with Crippen LogP contribution in [-0.2, 0) is 4.79 Å². The monoisotopic (exact) mass is 400 g/mol. The first kappa shape index (κ1) is 18.3. The van der Waals surface area contributed by atoms with Gasteiger partial charge in [-0.25, -0.2) is 4.98 Å². The van der Waals surface area contributed by atoms with Gasteiger partial charge in [0.15, 0.2) is 0 Å². The van der Waals surface area contributed by atoms with Gasteiger partial charge in [0.05, 0.1) is 6.20 Å². The summed E-state index contributed by atoms with van der Waals surface area (Å²) in [4.78, 5) is 16.0. The Morgan fingerprint density at radius 1 is 1.29 bits per heavy atom.